The summed E-state index contributed by atoms with van der Waals surface area (Å²) in [5, 5.41) is 6.00. The summed E-state index contributed by atoms with van der Waals surface area (Å²) >= 11 is 0. The zero-order valence-corrected chi connectivity index (χ0v) is 12.6. The Morgan fingerprint density at radius 2 is 2.10 bits per heavy atom. The Morgan fingerprint density at radius 1 is 1.35 bits per heavy atom. The fourth-order valence-corrected chi connectivity index (χ4v) is 1.99. The number of benzene rings is 1. The van der Waals surface area contributed by atoms with Crippen molar-refractivity contribution >= 4 is 11.6 Å². The molecule has 5 heteroatoms. The first-order valence-electron chi connectivity index (χ1n) is 6.96. The molecular formula is C15H25N3O2. The van der Waals surface area contributed by atoms with Crippen LogP contribution in [0.15, 0.2) is 24.3 Å². The van der Waals surface area contributed by atoms with Crippen molar-refractivity contribution in [3.05, 3.63) is 29.8 Å². The number of anilines is 1. The van der Waals surface area contributed by atoms with Gasteiger partial charge in [0.05, 0.1) is 13.2 Å². The van der Waals surface area contributed by atoms with Gasteiger partial charge in [0, 0.05) is 39.5 Å². The summed E-state index contributed by atoms with van der Waals surface area (Å²) in [4.78, 5) is 13.7. The van der Waals surface area contributed by atoms with Gasteiger partial charge in [-0.3, -0.25) is 4.79 Å². The number of hydrogen-bond acceptors (Lipinski definition) is 4. The Labute approximate surface area is 121 Å². The SMILES string of the molecule is CCN(CC(=O)NC)c1ccccc1CNCCOC. The molecule has 0 unspecified atom stereocenters. The molecular weight excluding hydrogens is 254 g/mol. The molecule has 0 aliphatic rings. The number of rotatable bonds is 9. The van der Waals surface area contributed by atoms with Crippen molar-refractivity contribution in [3.63, 3.8) is 0 Å². The number of hydrogen-bond donors (Lipinski definition) is 2. The van der Waals surface area contributed by atoms with Crippen molar-refractivity contribution < 1.29 is 9.53 Å². The lowest BCUT2D eigenvalue weighted by atomic mass is 10.1. The Bertz CT molecular complexity index is 410. The average Bonchev–Trinajstić information content (AvgIpc) is 2.49. The first-order chi connectivity index (χ1) is 9.72. The van der Waals surface area contributed by atoms with Crippen molar-refractivity contribution in [2.75, 3.05) is 45.3 Å². The number of nitrogens with zero attached hydrogens (tertiary/aromatic N) is 1. The Kier molecular flexibility index (Phi) is 7.69. The molecule has 0 heterocycles. The van der Waals surface area contributed by atoms with Gasteiger partial charge < -0.3 is 20.3 Å². The van der Waals surface area contributed by atoms with Gasteiger partial charge in [-0.1, -0.05) is 18.2 Å². The van der Waals surface area contributed by atoms with Crippen LogP contribution in [0.5, 0.6) is 0 Å². The van der Waals surface area contributed by atoms with Crippen molar-refractivity contribution in [3.8, 4) is 0 Å². The molecule has 0 fully saturated rings. The van der Waals surface area contributed by atoms with E-state index < -0.39 is 0 Å². The zero-order valence-electron chi connectivity index (χ0n) is 12.6. The highest BCUT2D eigenvalue weighted by Gasteiger charge is 2.12. The maximum Gasteiger partial charge on any atom is 0.239 e. The molecule has 5 nitrogen and oxygen atoms in total. The highest BCUT2D eigenvalue weighted by Crippen LogP contribution is 2.19. The van der Waals surface area contributed by atoms with Crippen LogP contribution in [0.4, 0.5) is 5.69 Å². The fraction of sp³-hybridized carbons (Fsp3) is 0.533. The van der Waals surface area contributed by atoms with Gasteiger partial charge in [0.2, 0.25) is 5.91 Å². The number of ether oxygens (including phenoxy) is 1. The predicted octanol–water partition coefficient (Wildman–Crippen LogP) is 0.995. The molecule has 0 aliphatic carbocycles. The Balaban J connectivity index is 2.73. The van der Waals surface area contributed by atoms with Gasteiger partial charge in [-0.15, -0.1) is 0 Å². The van der Waals surface area contributed by atoms with Crippen LogP contribution in [-0.2, 0) is 16.1 Å². The molecule has 0 saturated carbocycles. The maximum absolute atomic E-state index is 11.6. The number of methoxy groups -OCH3 is 1. The molecule has 1 aromatic rings. The second-order valence-electron chi connectivity index (χ2n) is 4.49. The van der Waals surface area contributed by atoms with Crippen LogP contribution in [0.3, 0.4) is 0 Å². The van der Waals surface area contributed by atoms with Crippen LogP contribution in [0.2, 0.25) is 0 Å². The Morgan fingerprint density at radius 3 is 2.75 bits per heavy atom. The lowest BCUT2D eigenvalue weighted by Crippen LogP contribution is -2.36. The topological polar surface area (TPSA) is 53.6 Å². The summed E-state index contributed by atoms with van der Waals surface area (Å²) in [5.74, 6) is 0.0222. The summed E-state index contributed by atoms with van der Waals surface area (Å²) in [6.07, 6.45) is 0. The number of likely N-dealkylation sites (N-methyl/N-ethyl adjacent to an activating group) is 2. The summed E-state index contributed by atoms with van der Waals surface area (Å²) < 4.78 is 5.02. The van der Waals surface area contributed by atoms with Crippen molar-refractivity contribution in [2.24, 2.45) is 0 Å². The van der Waals surface area contributed by atoms with Gasteiger partial charge in [0.1, 0.15) is 0 Å². The third-order valence-electron chi connectivity index (χ3n) is 3.13. The number of nitrogens with one attached hydrogen (secondary N) is 2. The van der Waals surface area contributed by atoms with Gasteiger partial charge in [-0.2, -0.15) is 0 Å². The molecule has 112 valence electrons. The molecule has 0 atom stereocenters. The van der Waals surface area contributed by atoms with E-state index in [4.69, 9.17) is 4.74 Å². The minimum atomic E-state index is 0.0222. The molecule has 0 radical (unpaired) electrons. The van der Waals surface area contributed by atoms with Gasteiger partial charge in [-0.05, 0) is 18.6 Å². The number of para-hydroxylation sites is 1. The monoisotopic (exact) mass is 279 g/mol. The third-order valence-corrected chi connectivity index (χ3v) is 3.13. The summed E-state index contributed by atoms with van der Waals surface area (Å²) in [6.45, 7) is 5.50. The second-order valence-corrected chi connectivity index (χ2v) is 4.49. The molecule has 1 amide bonds. The summed E-state index contributed by atoms with van der Waals surface area (Å²) in [7, 11) is 3.35. The van der Waals surface area contributed by atoms with Crippen molar-refractivity contribution in [1.82, 2.24) is 10.6 Å². The lowest BCUT2D eigenvalue weighted by Gasteiger charge is -2.25. The molecule has 2 N–H and O–H groups in total. The second kappa shape index (κ2) is 9.34. The first-order valence-corrected chi connectivity index (χ1v) is 6.96. The van der Waals surface area contributed by atoms with E-state index >= 15 is 0 Å². The van der Waals surface area contributed by atoms with Crippen LogP contribution in [-0.4, -0.2) is 46.3 Å². The molecule has 20 heavy (non-hydrogen) atoms. The number of amides is 1. The van der Waals surface area contributed by atoms with Gasteiger partial charge in [0.15, 0.2) is 0 Å². The average molecular weight is 279 g/mol. The lowest BCUT2D eigenvalue weighted by molar-refractivity contribution is -0.119. The van der Waals surface area contributed by atoms with E-state index in [1.54, 1.807) is 14.2 Å². The van der Waals surface area contributed by atoms with E-state index in [1.165, 1.54) is 5.56 Å². The Hall–Kier alpha value is -1.59. The first kappa shape index (κ1) is 16.5. The minimum absolute atomic E-state index is 0.0222. The van der Waals surface area contributed by atoms with Gasteiger partial charge >= 0.3 is 0 Å². The minimum Gasteiger partial charge on any atom is -0.383 e. The number of carbonyl (C=O) groups is 1. The molecule has 0 bridgehead atoms. The normalized spacial score (nSPS) is 10.3. The van der Waals surface area contributed by atoms with Gasteiger partial charge in [0.25, 0.3) is 0 Å². The predicted molar refractivity (Wildman–Crippen MR) is 82.0 cm³/mol. The molecule has 0 saturated heterocycles. The van der Waals surface area contributed by atoms with Crippen LogP contribution in [0.1, 0.15) is 12.5 Å². The van der Waals surface area contributed by atoms with Crippen LogP contribution >= 0.6 is 0 Å². The quantitative estimate of drug-likeness (QED) is 0.662. The molecule has 1 rings (SSSR count). The highest BCUT2D eigenvalue weighted by molar-refractivity contribution is 5.81. The van der Waals surface area contributed by atoms with E-state index in [0.717, 1.165) is 25.3 Å². The largest absolute Gasteiger partial charge is 0.383 e. The van der Waals surface area contributed by atoms with E-state index in [1.807, 2.05) is 12.1 Å². The molecule has 0 spiro atoms. The highest BCUT2D eigenvalue weighted by atomic mass is 16.5. The smallest absolute Gasteiger partial charge is 0.239 e. The van der Waals surface area contributed by atoms with E-state index in [0.29, 0.717) is 13.2 Å². The van der Waals surface area contributed by atoms with Crippen LogP contribution in [0.25, 0.3) is 0 Å². The summed E-state index contributed by atoms with van der Waals surface area (Å²) in [6, 6.07) is 8.16. The van der Waals surface area contributed by atoms with Crippen molar-refractivity contribution in [1.29, 1.82) is 0 Å². The third kappa shape index (κ3) is 5.19. The number of carbonyl (C=O) groups excluding carboxylic acids is 1. The van der Waals surface area contributed by atoms with E-state index in [9.17, 15) is 4.79 Å². The van der Waals surface area contributed by atoms with Crippen LogP contribution in [0, 0.1) is 0 Å². The zero-order chi connectivity index (χ0) is 14.8. The van der Waals surface area contributed by atoms with E-state index in [-0.39, 0.29) is 5.91 Å². The standard InChI is InChI=1S/C15H25N3O2/c1-4-18(12-15(19)16-2)14-8-6-5-7-13(14)11-17-9-10-20-3/h5-8,17H,4,9-12H2,1-3H3,(H,16,19). The summed E-state index contributed by atoms with van der Waals surface area (Å²) in [5.41, 5.74) is 2.29. The molecule has 0 aliphatic heterocycles. The van der Waals surface area contributed by atoms with E-state index in [2.05, 4.69) is 34.6 Å². The van der Waals surface area contributed by atoms with Crippen LogP contribution < -0.4 is 15.5 Å². The molecule has 0 aromatic heterocycles. The van der Waals surface area contributed by atoms with Crippen molar-refractivity contribution in [2.45, 2.75) is 13.5 Å². The van der Waals surface area contributed by atoms with Gasteiger partial charge in [-0.25, -0.2) is 0 Å². The maximum atomic E-state index is 11.6. The fourth-order valence-electron chi connectivity index (χ4n) is 1.99. The molecule has 1 aromatic carbocycles.